The first-order chi connectivity index (χ1) is 12.8. The van der Waals surface area contributed by atoms with Crippen LogP contribution in [-0.2, 0) is 4.79 Å². The Labute approximate surface area is 162 Å². The predicted molar refractivity (Wildman–Crippen MR) is 106 cm³/mol. The van der Waals surface area contributed by atoms with Gasteiger partial charge in [-0.15, -0.1) is 0 Å². The smallest absolute Gasteiger partial charge is 0.262 e. The highest BCUT2D eigenvalue weighted by molar-refractivity contribution is 6.31. The van der Waals surface area contributed by atoms with Crippen molar-refractivity contribution >= 4 is 34.3 Å². The molecule has 0 bridgehead atoms. The molecule has 3 N–H and O–H groups in total. The van der Waals surface area contributed by atoms with Crippen molar-refractivity contribution in [3.8, 4) is 5.75 Å². The molecule has 0 aliphatic heterocycles. The fourth-order valence-corrected chi connectivity index (χ4v) is 3.79. The number of rotatable bonds is 5. The summed E-state index contributed by atoms with van der Waals surface area (Å²) in [6.07, 6.45) is 1.33. The Morgan fingerprint density at radius 3 is 2.59 bits per heavy atom. The topological polar surface area (TPSA) is 85.3 Å². The monoisotopic (exact) mass is 384 g/mol. The predicted octanol–water partition coefficient (Wildman–Crippen LogP) is 4.37. The average molecular weight is 385 g/mol. The van der Waals surface area contributed by atoms with Crippen LogP contribution in [0.1, 0.15) is 47.3 Å². The average Bonchev–Trinajstić information content (AvgIpc) is 2.90. The van der Waals surface area contributed by atoms with Gasteiger partial charge in [0.1, 0.15) is 5.75 Å². The van der Waals surface area contributed by atoms with E-state index in [-0.39, 0.29) is 11.7 Å². The summed E-state index contributed by atoms with van der Waals surface area (Å²) in [5.41, 5.74) is 8.04. The second-order valence-electron chi connectivity index (χ2n) is 6.60. The molecule has 3 rings (SSSR count). The molecule has 6 heteroatoms. The number of amides is 1. The van der Waals surface area contributed by atoms with Crippen LogP contribution < -0.4 is 5.73 Å². The van der Waals surface area contributed by atoms with Crippen molar-refractivity contribution in [2.45, 2.75) is 32.6 Å². The quantitative estimate of drug-likeness (QED) is 0.685. The van der Waals surface area contributed by atoms with E-state index in [1.165, 1.54) is 6.07 Å². The van der Waals surface area contributed by atoms with Gasteiger partial charge in [-0.25, -0.2) is 0 Å². The molecule has 0 spiro atoms. The molecule has 5 nitrogen and oxygen atoms in total. The minimum absolute atomic E-state index is 0.0656. The van der Waals surface area contributed by atoms with Gasteiger partial charge in [0.05, 0.1) is 11.4 Å². The number of phenols is 1. The SMILES string of the molecule is CCCC(C(N)=O)c1c(C)n(C(=O)c2cccc(Cl)c2)c2ccc(O)cc12. The van der Waals surface area contributed by atoms with E-state index in [1.54, 1.807) is 47.9 Å². The van der Waals surface area contributed by atoms with Gasteiger partial charge in [0.2, 0.25) is 5.91 Å². The summed E-state index contributed by atoms with van der Waals surface area (Å²) in [5.74, 6) is -1.17. The molecule has 0 aliphatic rings. The number of halogens is 1. The number of carbonyl (C=O) groups excluding carboxylic acids is 2. The van der Waals surface area contributed by atoms with Gasteiger partial charge < -0.3 is 10.8 Å². The van der Waals surface area contributed by atoms with Gasteiger partial charge >= 0.3 is 0 Å². The normalized spacial score (nSPS) is 12.3. The third kappa shape index (κ3) is 3.43. The van der Waals surface area contributed by atoms with E-state index in [9.17, 15) is 14.7 Å². The van der Waals surface area contributed by atoms with E-state index in [2.05, 4.69) is 0 Å². The summed E-state index contributed by atoms with van der Waals surface area (Å²) in [4.78, 5) is 25.3. The number of carbonyl (C=O) groups is 2. The maximum Gasteiger partial charge on any atom is 0.262 e. The van der Waals surface area contributed by atoms with Crippen molar-refractivity contribution in [2.75, 3.05) is 0 Å². The first-order valence-corrected chi connectivity index (χ1v) is 9.16. The minimum Gasteiger partial charge on any atom is -0.508 e. The Bertz CT molecular complexity index is 1040. The Balaban J connectivity index is 2.29. The van der Waals surface area contributed by atoms with Crippen molar-refractivity contribution in [2.24, 2.45) is 5.73 Å². The van der Waals surface area contributed by atoms with Crippen molar-refractivity contribution in [1.82, 2.24) is 4.57 Å². The largest absolute Gasteiger partial charge is 0.508 e. The Kier molecular flexibility index (Phi) is 5.24. The van der Waals surface area contributed by atoms with E-state index in [4.69, 9.17) is 17.3 Å². The lowest BCUT2D eigenvalue weighted by atomic mass is 9.91. The zero-order chi connectivity index (χ0) is 19.7. The number of nitrogens with two attached hydrogens (primary N) is 1. The molecule has 140 valence electrons. The van der Waals surface area contributed by atoms with Gasteiger partial charge in [-0.2, -0.15) is 0 Å². The first-order valence-electron chi connectivity index (χ1n) is 8.78. The summed E-state index contributed by atoms with van der Waals surface area (Å²) in [6, 6.07) is 11.5. The highest BCUT2D eigenvalue weighted by atomic mass is 35.5. The lowest BCUT2D eigenvalue weighted by molar-refractivity contribution is -0.119. The Morgan fingerprint density at radius 2 is 1.96 bits per heavy atom. The standard InChI is InChI=1S/C21H21ClN2O3/c1-3-5-16(20(23)26)19-12(2)24(18-9-8-15(25)11-17(18)19)21(27)13-6-4-7-14(22)10-13/h4,6-11,16,25H,3,5H2,1-2H3,(H2,23,26). The number of phenolic OH excluding ortho intramolecular Hbond substituents is 1. The van der Waals surface area contributed by atoms with E-state index in [1.807, 2.05) is 6.92 Å². The molecule has 0 aliphatic carbocycles. The molecular weight excluding hydrogens is 364 g/mol. The van der Waals surface area contributed by atoms with E-state index in [0.717, 1.165) is 6.42 Å². The lowest BCUT2D eigenvalue weighted by Crippen LogP contribution is -2.22. The summed E-state index contributed by atoms with van der Waals surface area (Å²) < 4.78 is 1.56. The van der Waals surface area contributed by atoms with Crippen molar-refractivity contribution < 1.29 is 14.7 Å². The van der Waals surface area contributed by atoms with Crippen LogP contribution in [0, 0.1) is 6.92 Å². The highest BCUT2D eigenvalue weighted by Gasteiger charge is 2.28. The number of nitrogens with zero attached hydrogens (tertiary/aromatic N) is 1. The summed E-state index contributed by atoms with van der Waals surface area (Å²) >= 11 is 6.04. The third-order valence-electron chi connectivity index (χ3n) is 4.78. The molecule has 0 saturated heterocycles. The van der Waals surface area contributed by atoms with E-state index >= 15 is 0 Å². The number of fused-ring (bicyclic) bond motifs is 1. The van der Waals surface area contributed by atoms with Crippen LogP contribution in [0.3, 0.4) is 0 Å². The number of primary amides is 1. The fraction of sp³-hybridized carbons (Fsp3) is 0.238. The fourth-order valence-electron chi connectivity index (χ4n) is 3.60. The molecule has 27 heavy (non-hydrogen) atoms. The number of hydrogen-bond donors (Lipinski definition) is 2. The van der Waals surface area contributed by atoms with E-state index < -0.39 is 11.8 Å². The van der Waals surface area contributed by atoms with Crippen LogP contribution in [0.2, 0.25) is 5.02 Å². The van der Waals surface area contributed by atoms with Gasteiger partial charge in [-0.05, 0) is 55.3 Å². The number of aromatic hydroxyl groups is 1. The number of hydrogen-bond acceptors (Lipinski definition) is 3. The molecule has 1 unspecified atom stereocenters. The van der Waals surface area contributed by atoms with E-state index in [0.29, 0.717) is 39.2 Å². The first kappa shape index (κ1) is 19.0. The second-order valence-corrected chi connectivity index (χ2v) is 7.03. The molecule has 3 aromatic rings. The summed E-state index contributed by atoms with van der Waals surface area (Å²) in [6.45, 7) is 3.76. The second kappa shape index (κ2) is 7.45. The maximum atomic E-state index is 13.2. The van der Waals surface area contributed by atoms with Crippen molar-refractivity contribution in [3.05, 3.63) is 64.3 Å². The van der Waals surface area contributed by atoms with Crippen LogP contribution in [0.5, 0.6) is 5.75 Å². The molecule has 2 aromatic carbocycles. The Hall–Kier alpha value is -2.79. The van der Waals surface area contributed by atoms with Crippen molar-refractivity contribution in [3.63, 3.8) is 0 Å². The van der Waals surface area contributed by atoms with Gasteiger partial charge in [-0.1, -0.05) is 31.0 Å². The van der Waals surface area contributed by atoms with Crippen LogP contribution >= 0.6 is 11.6 Å². The molecule has 1 amide bonds. The van der Waals surface area contributed by atoms with Gasteiger partial charge in [-0.3, -0.25) is 14.2 Å². The van der Waals surface area contributed by atoms with Gasteiger partial charge in [0, 0.05) is 21.7 Å². The van der Waals surface area contributed by atoms with Crippen molar-refractivity contribution in [1.29, 1.82) is 0 Å². The molecule has 1 aromatic heterocycles. The Morgan fingerprint density at radius 1 is 1.22 bits per heavy atom. The molecule has 1 heterocycles. The zero-order valence-electron chi connectivity index (χ0n) is 15.2. The minimum atomic E-state index is -0.535. The summed E-state index contributed by atoms with van der Waals surface area (Å²) in [5, 5.41) is 11.1. The zero-order valence-corrected chi connectivity index (χ0v) is 16.0. The number of aromatic nitrogens is 1. The van der Waals surface area contributed by atoms with Gasteiger partial charge in [0.15, 0.2) is 0 Å². The molecule has 1 atom stereocenters. The highest BCUT2D eigenvalue weighted by Crippen LogP contribution is 2.36. The number of benzene rings is 2. The van der Waals surface area contributed by atoms with Crippen LogP contribution in [0.15, 0.2) is 42.5 Å². The molecule has 0 radical (unpaired) electrons. The molecule has 0 fully saturated rings. The van der Waals surface area contributed by atoms with Crippen LogP contribution in [0.25, 0.3) is 10.9 Å². The van der Waals surface area contributed by atoms with Gasteiger partial charge in [0.25, 0.3) is 5.91 Å². The molecular formula is C21H21ClN2O3. The lowest BCUT2D eigenvalue weighted by Gasteiger charge is -2.14. The van der Waals surface area contributed by atoms with Crippen LogP contribution in [0.4, 0.5) is 0 Å². The van der Waals surface area contributed by atoms with Crippen LogP contribution in [-0.4, -0.2) is 21.5 Å². The maximum absolute atomic E-state index is 13.2. The summed E-state index contributed by atoms with van der Waals surface area (Å²) in [7, 11) is 0. The molecule has 0 saturated carbocycles. The third-order valence-corrected chi connectivity index (χ3v) is 5.02.